The minimum Gasteiger partial charge on any atom is -0.491 e. The standard InChI is InChI=1S/C20H27ClN2O3/c1-6-20(3,4)23(12-8-11-22)18(24)10-9-15-13-16(21)19(25-5)17(14-15)26-7-2/h9-10,13-14H,6-8,12H2,1-5H3. The molecule has 0 saturated heterocycles. The Morgan fingerprint density at radius 2 is 2.08 bits per heavy atom. The lowest BCUT2D eigenvalue weighted by atomic mass is 9.98. The maximum Gasteiger partial charge on any atom is 0.247 e. The molecule has 0 unspecified atom stereocenters. The van der Waals surface area contributed by atoms with Crippen LogP contribution in [0.25, 0.3) is 6.08 Å². The molecule has 6 heteroatoms. The van der Waals surface area contributed by atoms with Crippen LogP contribution in [0.15, 0.2) is 18.2 Å². The number of ether oxygens (including phenoxy) is 2. The largest absolute Gasteiger partial charge is 0.491 e. The molecule has 26 heavy (non-hydrogen) atoms. The molecule has 0 aliphatic rings. The third-order valence-corrected chi connectivity index (χ3v) is 4.54. The molecule has 1 aromatic rings. The van der Waals surface area contributed by atoms with Crippen LogP contribution in [0.1, 0.15) is 46.1 Å². The summed E-state index contributed by atoms with van der Waals surface area (Å²) in [6, 6.07) is 5.60. The zero-order valence-corrected chi connectivity index (χ0v) is 16.9. The molecule has 0 heterocycles. The number of carbonyl (C=O) groups is 1. The number of carbonyl (C=O) groups excluding carboxylic acids is 1. The van der Waals surface area contributed by atoms with Gasteiger partial charge in [0.15, 0.2) is 11.5 Å². The lowest BCUT2D eigenvalue weighted by molar-refractivity contribution is -0.131. The second kappa shape index (κ2) is 10.1. The first-order valence-corrected chi connectivity index (χ1v) is 9.05. The number of hydrogen-bond donors (Lipinski definition) is 0. The van der Waals surface area contributed by atoms with Gasteiger partial charge in [0.25, 0.3) is 0 Å². The van der Waals surface area contributed by atoms with E-state index in [1.807, 2.05) is 27.7 Å². The highest BCUT2D eigenvalue weighted by Crippen LogP contribution is 2.36. The molecular formula is C20H27ClN2O3. The van der Waals surface area contributed by atoms with Crippen LogP contribution in [0.3, 0.4) is 0 Å². The molecule has 1 amide bonds. The van der Waals surface area contributed by atoms with Crippen LogP contribution in [-0.2, 0) is 4.79 Å². The summed E-state index contributed by atoms with van der Waals surface area (Å²) in [5.41, 5.74) is 0.411. The summed E-state index contributed by atoms with van der Waals surface area (Å²) in [6.07, 6.45) is 4.29. The molecular weight excluding hydrogens is 352 g/mol. The van der Waals surface area contributed by atoms with Crippen molar-refractivity contribution >= 4 is 23.6 Å². The average Bonchev–Trinajstić information content (AvgIpc) is 2.60. The van der Waals surface area contributed by atoms with Crippen molar-refractivity contribution in [3.05, 3.63) is 28.8 Å². The summed E-state index contributed by atoms with van der Waals surface area (Å²) in [5, 5.41) is 9.28. The highest BCUT2D eigenvalue weighted by molar-refractivity contribution is 6.32. The first-order valence-electron chi connectivity index (χ1n) is 8.67. The molecule has 0 spiro atoms. The van der Waals surface area contributed by atoms with Crippen molar-refractivity contribution < 1.29 is 14.3 Å². The van der Waals surface area contributed by atoms with Gasteiger partial charge in [-0.2, -0.15) is 5.26 Å². The Bertz CT molecular complexity index is 693. The Kier molecular flexibility index (Phi) is 8.47. The van der Waals surface area contributed by atoms with Crippen molar-refractivity contribution in [2.75, 3.05) is 20.3 Å². The van der Waals surface area contributed by atoms with Crippen molar-refractivity contribution in [1.29, 1.82) is 5.26 Å². The Morgan fingerprint density at radius 3 is 2.62 bits per heavy atom. The van der Waals surface area contributed by atoms with Crippen LogP contribution in [0, 0.1) is 11.3 Å². The molecule has 142 valence electrons. The topological polar surface area (TPSA) is 62.6 Å². The molecule has 0 atom stereocenters. The normalized spacial score (nSPS) is 11.3. The van der Waals surface area contributed by atoms with E-state index in [0.29, 0.717) is 36.1 Å². The molecule has 0 bridgehead atoms. The van der Waals surface area contributed by atoms with Gasteiger partial charge in [-0.3, -0.25) is 4.79 Å². The van der Waals surface area contributed by atoms with E-state index < -0.39 is 0 Å². The Balaban J connectivity index is 3.10. The number of rotatable bonds is 9. The van der Waals surface area contributed by atoms with Gasteiger partial charge in [0.05, 0.1) is 31.2 Å². The lowest BCUT2D eigenvalue weighted by Crippen LogP contribution is -2.47. The van der Waals surface area contributed by atoms with Crippen LogP contribution in [-0.4, -0.2) is 36.6 Å². The first-order chi connectivity index (χ1) is 12.3. The van der Waals surface area contributed by atoms with E-state index in [1.165, 1.54) is 13.2 Å². The molecule has 0 aromatic heterocycles. The molecule has 0 aliphatic heterocycles. The number of methoxy groups -OCH3 is 1. The second-order valence-electron chi connectivity index (χ2n) is 6.36. The summed E-state index contributed by atoms with van der Waals surface area (Å²) >= 11 is 6.24. The van der Waals surface area contributed by atoms with Gasteiger partial charge < -0.3 is 14.4 Å². The highest BCUT2D eigenvalue weighted by atomic mass is 35.5. The fourth-order valence-corrected chi connectivity index (χ4v) is 2.76. The minimum atomic E-state index is -0.327. The van der Waals surface area contributed by atoms with E-state index in [1.54, 1.807) is 23.1 Å². The lowest BCUT2D eigenvalue weighted by Gasteiger charge is -2.37. The summed E-state index contributed by atoms with van der Waals surface area (Å²) < 4.78 is 10.8. The van der Waals surface area contributed by atoms with E-state index in [0.717, 1.165) is 12.0 Å². The predicted molar refractivity (Wildman–Crippen MR) is 105 cm³/mol. The number of hydrogen-bond acceptors (Lipinski definition) is 4. The summed E-state index contributed by atoms with van der Waals surface area (Å²) in [6.45, 7) is 8.76. The monoisotopic (exact) mass is 378 g/mol. The van der Waals surface area contributed by atoms with Gasteiger partial charge in [-0.25, -0.2) is 0 Å². The van der Waals surface area contributed by atoms with Crippen molar-refractivity contribution in [2.45, 2.75) is 46.1 Å². The molecule has 1 aromatic carbocycles. The molecule has 0 saturated carbocycles. The third-order valence-electron chi connectivity index (χ3n) is 4.26. The fraction of sp³-hybridized carbons (Fsp3) is 0.500. The van der Waals surface area contributed by atoms with Crippen molar-refractivity contribution in [2.24, 2.45) is 0 Å². The number of benzene rings is 1. The van der Waals surface area contributed by atoms with E-state index >= 15 is 0 Å². The van der Waals surface area contributed by atoms with E-state index in [4.69, 9.17) is 26.3 Å². The predicted octanol–water partition coefficient (Wildman–Crippen LogP) is 4.69. The van der Waals surface area contributed by atoms with Gasteiger partial charge in [-0.05, 0) is 51.0 Å². The fourth-order valence-electron chi connectivity index (χ4n) is 2.47. The maximum absolute atomic E-state index is 12.7. The van der Waals surface area contributed by atoms with Crippen LogP contribution < -0.4 is 9.47 Å². The van der Waals surface area contributed by atoms with Gasteiger partial charge in [-0.1, -0.05) is 18.5 Å². The molecule has 1 rings (SSSR count). The van der Waals surface area contributed by atoms with Crippen LogP contribution in [0.5, 0.6) is 11.5 Å². The third kappa shape index (κ3) is 5.67. The number of amides is 1. The quantitative estimate of drug-likeness (QED) is 0.584. The molecule has 0 fully saturated rings. The van der Waals surface area contributed by atoms with Gasteiger partial charge in [0.1, 0.15) is 0 Å². The van der Waals surface area contributed by atoms with Crippen LogP contribution >= 0.6 is 11.6 Å². The number of nitriles is 1. The van der Waals surface area contributed by atoms with E-state index in [9.17, 15) is 4.79 Å². The Hall–Kier alpha value is -2.19. The Labute approximate surface area is 161 Å². The smallest absolute Gasteiger partial charge is 0.247 e. The zero-order valence-electron chi connectivity index (χ0n) is 16.1. The zero-order chi connectivity index (χ0) is 19.7. The molecule has 0 radical (unpaired) electrons. The molecule has 0 aliphatic carbocycles. The van der Waals surface area contributed by atoms with E-state index in [2.05, 4.69) is 6.07 Å². The van der Waals surface area contributed by atoms with Crippen LogP contribution in [0.2, 0.25) is 5.02 Å². The second-order valence-corrected chi connectivity index (χ2v) is 6.77. The summed E-state index contributed by atoms with van der Waals surface area (Å²) in [4.78, 5) is 14.4. The SMILES string of the molecule is CCOc1cc(C=CC(=O)N(CCC#N)C(C)(C)CC)cc(Cl)c1OC. The Morgan fingerprint density at radius 1 is 1.38 bits per heavy atom. The van der Waals surface area contributed by atoms with Crippen LogP contribution in [0.4, 0.5) is 0 Å². The molecule has 0 N–H and O–H groups in total. The maximum atomic E-state index is 12.7. The van der Waals surface area contributed by atoms with E-state index in [-0.39, 0.29) is 11.4 Å². The van der Waals surface area contributed by atoms with Crippen molar-refractivity contribution in [3.63, 3.8) is 0 Å². The number of nitrogens with zero attached hydrogens (tertiary/aromatic N) is 2. The minimum absolute atomic E-state index is 0.142. The van der Waals surface area contributed by atoms with Crippen molar-refractivity contribution in [1.82, 2.24) is 4.90 Å². The van der Waals surface area contributed by atoms with Crippen molar-refractivity contribution in [3.8, 4) is 17.6 Å². The van der Waals surface area contributed by atoms with Gasteiger partial charge in [0.2, 0.25) is 5.91 Å². The average molecular weight is 379 g/mol. The molecule has 5 nitrogen and oxygen atoms in total. The number of halogens is 1. The summed E-state index contributed by atoms with van der Waals surface area (Å²) in [7, 11) is 1.53. The van der Waals surface area contributed by atoms with Gasteiger partial charge in [-0.15, -0.1) is 0 Å². The summed E-state index contributed by atoms with van der Waals surface area (Å²) in [5.74, 6) is 0.863. The highest BCUT2D eigenvalue weighted by Gasteiger charge is 2.27. The first kappa shape index (κ1) is 21.9. The van der Waals surface area contributed by atoms with Gasteiger partial charge in [0, 0.05) is 18.2 Å². The van der Waals surface area contributed by atoms with Gasteiger partial charge >= 0.3 is 0 Å².